The zero-order chi connectivity index (χ0) is 21.7. The molecular formula is C24H34O6. The number of rotatable bonds is 1. The average molecular weight is 419 g/mol. The molecule has 0 aromatic rings. The molecule has 2 aliphatic heterocycles. The lowest BCUT2D eigenvalue weighted by molar-refractivity contribution is -0.138. The van der Waals surface area contributed by atoms with Gasteiger partial charge in [-0.15, -0.1) is 0 Å². The number of hydrogen-bond donors (Lipinski definition) is 4. The minimum Gasteiger partial charge on any atom is -0.491 e. The second kappa shape index (κ2) is 6.57. The third-order valence-corrected chi connectivity index (χ3v) is 9.50. The van der Waals surface area contributed by atoms with Crippen LogP contribution in [0.25, 0.3) is 0 Å². The van der Waals surface area contributed by atoms with Gasteiger partial charge in [-0.3, -0.25) is 0 Å². The third kappa shape index (κ3) is 2.50. The Labute approximate surface area is 177 Å². The van der Waals surface area contributed by atoms with Crippen molar-refractivity contribution in [3.63, 3.8) is 0 Å². The van der Waals surface area contributed by atoms with E-state index in [1.807, 2.05) is 13.8 Å². The van der Waals surface area contributed by atoms with E-state index in [0.29, 0.717) is 24.2 Å². The Kier molecular flexibility index (Phi) is 4.49. The first-order valence-corrected chi connectivity index (χ1v) is 11.5. The molecule has 0 amide bonds. The van der Waals surface area contributed by atoms with Crippen molar-refractivity contribution in [1.82, 2.24) is 0 Å². The maximum Gasteiger partial charge on any atom is 0.335 e. The van der Waals surface area contributed by atoms with Crippen LogP contribution >= 0.6 is 0 Å². The van der Waals surface area contributed by atoms with Crippen molar-refractivity contribution < 1.29 is 30.0 Å². The summed E-state index contributed by atoms with van der Waals surface area (Å²) >= 11 is 0. The van der Waals surface area contributed by atoms with Crippen LogP contribution in [0.15, 0.2) is 23.0 Å². The first-order chi connectivity index (χ1) is 14.1. The predicted molar refractivity (Wildman–Crippen MR) is 109 cm³/mol. The molecule has 0 radical (unpaired) electrons. The molecule has 0 spiro atoms. The van der Waals surface area contributed by atoms with Gasteiger partial charge < -0.3 is 25.2 Å². The maximum atomic E-state index is 12.6. The first kappa shape index (κ1) is 20.5. The molecule has 2 heterocycles. The van der Waals surface area contributed by atoms with Gasteiger partial charge in [0.15, 0.2) is 0 Å². The van der Waals surface area contributed by atoms with Crippen molar-refractivity contribution >= 4 is 5.97 Å². The molecule has 166 valence electrons. The summed E-state index contributed by atoms with van der Waals surface area (Å²) in [6, 6.07) is 0. The lowest BCUT2D eigenvalue weighted by atomic mass is 9.63. The number of hydrogen-bond acceptors (Lipinski definition) is 5. The summed E-state index contributed by atoms with van der Waals surface area (Å²) in [7, 11) is 0. The Morgan fingerprint density at radius 1 is 1.17 bits per heavy atom. The van der Waals surface area contributed by atoms with Gasteiger partial charge in [-0.25, -0.2) is 4.79 Å². The minimum absolute atomic E-state index is 0.0159. The van der Waals surface area contributed by atoms with Gasteiger partial charge in [-0.1, -0.05) is 25.5 Å². The second-order valence-electron chi connectivity index (χ2n) is 10.9. The normalized spacial score (nSPS) is 54.5. The summed E-state index contributed by atoms with van der Waals surface area (Å²) in [4.78, 5) is 12.6. The number of aliphatic hydroxyl groups excluding tert-OH is 3. The number of carboxylic acid groups (broad SMARTS) is 1. The number of fused-ring (bicyclic) bond motifs is 8. The molecule has 30 heavy (non-hydrogen) atoms. The lowest BCUT2D eigenvalue weighted by Crippen LogP contribution is -2.48. The zero-order valence-corrected chi connectivity index (χ0v) is 18.2. The lowest BCUT2D eigenvalue weighted by Gasteiger charge is -2.47. The second-order valence-corrected chi connectivity index (χ2v) is 10.9. The van der Waals surface area contributed by atoms with Crippen molar-refractivity contribution in [2.75, 3.05) is 0 Å². The van der Waals surface area contributed by atoms with E-state index in [-0.39, 0.29) is 47.3 Å². The van der Waals surface area contributed by atoms with Crippen LogP contribution in [0.3, 0.4) is 0 Å². The van der Waals surface area contributed by atoms with E-state index in [9.17, 15) is 25.2 Å². The highest BCUT2D eigenvalue weighted by Crippen LogP contribution is 2.65. The Bertz CT molecular complexity index is 832. The highest BCUT2D eigenvalue weighted by atomic mass is 16.5. The van der Waals surface area contributed by atoms with E-state index in [4.69, 9.17) is 4.74 Å². The van der Waals surface area contributed by atoms with Gasteiger partial charge in [0.05, 0.1) is 23.9 Å². The quantitative estimate of drug-likeness (QED) is 0.487. The van der Waals surface area contributed by atoms with E-state index in [2.05, 4.69) is 19.9 Å². The number of allylic oxidation sites excluding steroid dienone is 1. The summed E-state index contributed by atoms with van der Waals surface area (Å²) in [5.41, 5.74) is 0.980. The molecule has 0 unspecified atom stereocenters. The number of aliphatic carboxylic acids is 1. The van der Waals surface area contributed by atoms with E-state index >= 15 is 0 Å². The fraction of sp³-hybridized carbons (Fsp3) is 0.792. The summed E-state index contributed by atoms with van der Waals surface area (Å²) < 4.78 is 6.43. The van der Waals surface area contributed by atoms with Crippen LogP contribution < -0.4 is 0 Å². The van der Waals surface area contributed by atoms with E-state index in [1.54, 1.807) is 0 Å². The van der Waals surface area contributed by atoms with Gasteiger partial charge in [0.2, 0.25) is 0 Å². The van der Waals surface area contributed by atoms with Gasteiger partial charge in [-0.05, 0) is 50.9 Å². The van der Waals surface area contributed by atoms with Crippen molar-refractivity contribution in [2.24, 2.45) is 47.3 Å². The van der Waals surface area contributed by atoms with Gasteiger partial charge in [0.25, 0.3) is 0 Å². The standard InChI is InChI=1S/C24H34O6/c1-9-7-13-17(21(27)11(3)20(13)26)16-12(9)8-14-18(16)19(23(28)29)22-10(2)15(25)5-6-24(14,4)30-22/h7,10-18,20-21,25-27H,5-6,8H2,1-4H3,(H,28,29)/t10-,11-,12-,13+,14+,15+,16-,17-,18+,20+,21-,24-/m1/s1. The van der Waals surface area contributed by atoms with Crippen LogP contribution in [0.1, 0.15) is 47.0 Å². The number of ether oxygens (including phenoxy) is 1. The minimum atomic E-state index is -0.978. The van der Waals surface area contributed by atoms with Crippen molar-refractivity contribution in [1.29, 1.82) is 0 Å². The molecule has 12 atom stereocenters. The average Bonchev–Trinajstić information content (AvgIpc) is 3.16. The molecule has 3 aliphatic carbocycles. The molecule has 5 aliphatic rings. The first-order valence-electron chi connectivity index (χ1n) is 11.5. The Balaban J connectivity index is 1.70. The number of carbonyl (C=O) groups is 1. The largest absolute Gasteiger partial charge is 0.491 e. The molecule has 5 rings (SSSR count). The van der Waals surface area contributed by atoms with Crippen LogP contribution in [-0.4, -0.2) is 50.3 Å². The van der Waals surface area contributed by atoms with E-state index < -0.39 is 29.9 Å². The Morgan fingerprint density at radius 2 is 1.87 bits per heavy atom. The predicted octanol–water partition coefficient (Wildman–Crippen LogP) is 2.34. The van der Waals surface area contributed by atoms with Gasteiger partial charge in [-0.2, -0.15) is 0 Å². The molecule has 2 bridgehead atoms. The van der Waals surface area contributed by atoms with E-state index in [1.165, 1.54) is 5.57 Å². The molecule has 2 saturated carbocycles. The molecule has 3 fully saturated rings. The van der Waals surface area contributed by atoms with E-state index in [0.717, 1.165) is 6.42 Å². The van der Waals surface area contributed by atoms with Crippen molar-refractivity contribution in [3.05, 3.63) is 23.0 Å². The molecule has 1 saturated heterocycles. The fourth-order valence-electron chi connectivity index (χ4n) is 7.82. The summed E-state index contributed by atoms with van der Waals surface area (Å²) in [6.45, 7) is 7.91. The summed E-state index contributed by atoms with van der Waals surface area (Å²) in [5, 5.41) is 42.8. The van der Waals surface area contributed by atoms with Gasteiger partial charge in [0.1, 0.15) is 11.4 Å². The van der Waals surface area contributed by atoms with Gasteiger partial charge >= 0.3 is 5.97 Å². The molecule has 6 heteroatoms. The SMILES string of the molecule is CC1=C[C@@H]2[C@@H](O)[C@@H](C)[C@@H](O)[C@H]2[C@@H]2[C@H]3C(C(=O)O)=C4O[C@](C)(CC[C@H](O)[C@H]4C)[C@H]3C[C@H]12. The zero-order valence-electron chi connectivity index (χ0n) is 18.2. The summed E-state index contributed by atoms with van der Waals surface area (Å²) in [6.07, 6.45) is 2.36. The Morgan fingerprint density at radius 3 is 2.53 bits per heavy atom. The number of aliphatic hydroxyl groups is 3. The smallest absolute Gasteiger partial charge is 0.335 e. The third-order valence-electron chi connectivity index (χ3n) is 9.50. The van der Waals surface area contributed by atoms with Crippen LogP contribution in [0.5, 0.6) is 0 Å². The van der Waals surface area contributed by atoms with Crippen molar-refractivity contribution in [3.8, 4) is 0 Å². The van der Waals surface area contributed by atoms with Gasteiger partial charge in [0, 0.05) is 29.6 Å². The number of carboxylic acids is 1. The summed E-state index contributed by atoms with van der Waals surface area (Å²) in [5.74, 6) is -1.52. The van der Waals surface area contributed by atoms with Crippen LogP contribution in [-0.2, 0) is 9.53 Å². The molecule has 4 N–H and O–H groups in total. The topological polar surface area (TPSA) is 107 Å². The molecule has 0 aromatic carbocycles. The molecular weight excluding hydrogens is 384 g/mol. The molecule has 6 nitrogen and oxygen atoms in total. The van der Waals surface area contributed by atoms with Crippen molar-refractivity contribution in [2.45, 2.75) is 70.9 Å². The Hall–Kier alpha value is -1.37. The van der Waals surface area contributed by atoms with Crippen LogP contribution in [0.2, 0.25) is 0 Å². The monoisotopic (exact) mass is 418 g/mol. The van der Waals surface area contributed by atoms with Crippen LogP contribution in [0, 0.1) is 47.3 Å². The highest BCUT2D eigenvalue weighted by Gasteiger charge is 2.65. The van der Waals surface area contributed by atoms with Crippen LogP contribution in [0.4, 0.5) is 0 Å². The fourth-order valence-corrected chi connectivity index (χ4v) is 7.82. The maximum absolute atomic E-state index is 12.6. The highest BCUT2D eigenvalue weighted by molar-refractivity contribution is 5.88. The molecule has 0 aromatic heterocycles.